The van der Waals surface area contributed by atoms with Crippen molar-refractivity contribution >= 4 is 16.7 Å². The van der Waals surface area contributed by atoms with E-state index in [4.69, 9.17) is 4.74 Å². The molecule has 0 aliphatic heterocycles. The lowest BCUT2D eigenvalue weighted by molar-refractivity contribution is -0.145. The molecule has 0 bridgehead atoms. The summed E-state index contributed by atoms with van der Waals surface area (Å²) in [6.45, 7) is 0.131. The van der Waals surface area contributed by atoms with Crippen molar-refractivity contribution in [1.82, 2.24) is 9.78 Å². The van der Waals surface area contributed by atoms with E-state index < -0.39 is 11.4 Å². The van der Waals surface area contributed by atoms with Crippen LogP contribution in [-0.4, -0.2) is 22.4 Å². The molecule has 1 aromatic carbocycles. The summed E-state index contributed by atoms with van der Waals surface area (Å²) in [6, 6.07) is 9.39. The van der Waals surface area contributed by atoms with Crippen LogP contribution in [0.5, 0.6) is 0 Å². The maximum absolute atomic E-state index is 12.2. The number of rotatable bonds is 4. The minimum atomic E-state index is -0.533. The quantitative estimate of drug-likeness (QED) is 0.804. The Morgan fingerprint density at radius 3 is 2.67 bits per heavy atom. The summed E-state index contributed by atoms with van der Waals surface area (Å²) in [7, 11) is 1.56. The van der Waals surface area contributed by atoms with Gasteiger partial charge in [-0.3, -0.25) is 9.59 Å². The predicted octanol–water partition coefficient (Wildman–Crippen LogP) is 2.10. The highest BCUT2D eigenvalue weighted by Gasteiger charge is 2.35. The topological polar surface area (TPSA) is 85.0 Å². The Kier molecular flexibility index (Phi) is 4.34. The van der Waals surface area contributed by atoms with Gasteiger partial charge in [0.1, 0.15) is 6.61 Å². The molecule has 0 amide bonds. The molecular weight excluding hydrogens is 306 g/mol. The summed E-state index contributed by atoms with van der Waals surface area (Å²) >= 11 is 0. The van der Waals surface area contributed by atoms with Crippen LogP contribution in [0.4, 0.5) is 0 Å². The molecule has 1 fully saturated rings. The zero-order valence-corrected chi connectivity index (χ0v) is 13.6. The van der Waals surface area contributed by atoms with E-state index in [1.54, 1.807) is 25.2 Å². The fourth-order valence-electron chi connectivity index (χ4n) is 3.25. The second-order valence-electron chi connectivity index (χ2n) is 6.36. The molecule has 1 aromatic heterocycles. The van der Waals surface area contributed by atoms with Crippen LogP contribution in [-0.2, 0) is 23.0 Å². The molecule has 3 rings (SSSR count). The van der Waals surface area contributed by atoms with Gasteiger partial charge in [-0.1, -0.05) is 31.0 Å². The summed E-state index contributed by atoms with van der Waals surface area (Å²) in [5.74, 6) is -0.423. The summed E-state index contributed by atoms with van der Waals surface area (Å²) in [5.41, 5.74) is -0.221. The van der Waals surface area contributed by atoms with Gasteiger partial charge in [-0.15, -0.1) is 0 Å². The van der Waals surface area contributed by atoms with Crippen LogP contribution >= 0.6 is 0 Å². The maximum atomic E-state index is 12.2. The molecule has 0 atom stereocenters. The standard InChI is InChI=1S/C18H19N3O3/c1-21-17(23)14-7-3-2-6-13(14)15(20-21)10-16(22)24-12-18(11-19)8-4-5-9-18/h2-3,6-7H,4-5,8-10,12H2,1H3. The molecule has 6 nitrogen and oxygen atoms in total. The van der Waals surface area contributed by atoms with Gasteiger partial charge in [0.15, 0.2) is 0 Å². The van der Waals surface area contributed by atoms with E-state index in [1.807, 2.05) is 6.07 Å². The number of hydrogen-bond donors (Lipinski definition) is 0. The summed E-state index contributed by atoms with van der Waals surface area (Å²) < 4.78 is 6.59. The summed E-state index contributed by atoms with van der Waals surface area (Å²) in [5, 5.41) is 14.7. The Hall–Kier alpha value is -2.68. The molecule has 1 aliphatic carbocycles. The van der Waals surface area contributed by atoms with Crippen molar-refractivity contribution in [3.63, 3.8) is 0 Å². The number of carbonyl (C=O) groups is 1. The molecule has 1 heterocycles. The lowest BCUT2D eigenvalue weighted by Gasteiger charge is -2.19. The third-order valence-electron chi connectivity index (χ3n) is 4.65. The first-order valence-electron chi connectivity index (χ1n) is 8.06. The lowest BCUT2D eigenvalue weighted by Crippen LogP contribution is -2.26. The minimum Gasteiger partial charge on any atom is -0.464 e. The number of ether oxygens (including phenoxy) is 1. The van der Waals surface area contributed by atoms with Crippen LogP contribution in [0.15, 0.2) is 29.1 Å². The summed E-state index contributed by atoms with van der Waals surface area (Å²) in [6.07, 6.45) is 3.53. The molecule has 6 heteroatoms. The van der Waals surface area contributed by atoms with Gasteiger partial charge in [-0.25, -0.2) is 4.68 Å². The number of benzene rings is 1. The zero-order chi connectivity index (χ0) is 17.2. The first-order valence-corrected chi connectivity index (χ1v) is 8.06. The third-order valence-corrected chi connectivity index (χ3v) is 4.65. The fraction of sp³-hybridized carbons (Fsp3) is 0.444. The van der Waals surface area contributed by atoms with Crippen LogP contribution in [0.1, 0.15) is 31.4 Å². The van der Waals surface area contributed by atoms with Crippen LogP contribution < -0.4 is 5.56 Å². The highest BCUT2D eigenvalue weighted by atomic mass is 16.5. The van der Waals surface area contributed by atoms with E-state index in [2.05, 4.69) is 11.2 Å². The van der Waals surface area contributed by atoms with Crippen molar-refractivity contribution in [3.8, 4) is 6.07 Å². The van der Waals surface area contributed by atoms with Gasteiger partial charge in [0.2, 0.25) is 0 Å². The van der Waals surface area contributed by atoms with Gasteiger partial charge in [0.05, 0.1) is 29.0 Å². The lowest BCUT2D eigenvalue weighted by atomic mass is 9.89. The molecule has 0 radical (unpaired) electrons. The first-order chi connectivity index (χ1) is 11.5. The number of hydrogen-bond acceptors (Lipinski definition) is 5. The number of nitriles is 1. The Labute approximate surface area is 139 Å². The Balaban J connectivity index is 1.78. The highest BCUT2D eigenvalue weighted by Crippen LogP contribution is 2.37. The first kappa shape index (κ1) is 16.2. The smallest absolute Gasteiger partial charge is 0.312 e. The Morgan fingerprint density at radius 1 is 1.33 bits per heavy atom. The van der Waals surface area contributed by atoms with Gasteiger partial charge in [0, 0.05) is 12.4 Å². The van der Waals surface area contributed by atoms with E-state index >= 15 is 0 Å². The fourth-order valence-corrected chi connectivity index (χ4v) is 3.25. The molecule has 24 heavy (non-hydrogen) atoms. The molecular formula is C18H19N3O3. The van der Waals surface area contributed by atoms with Crippen molar-refractivity contribution in [2.24, 2.45) is 12.5 Å². The van der Waals surface area contributed by atoms with Crippen LogP contribution in [0, 0.1) is 16.7 Å². The average Bonchev–Trinajstić information content (AvgIpc) is 3.07. The molecule has 1 aliphatic rings. The van der Waals surface area contributed by atoms with Gasteiger partial charge in [0.25, 0.3) is 5.56 Å². The third kappa shape index (κ3) is 3.02. The number of carbonyl (C=O) groups excluding carboxylic acids is 1. The SMILES string of the molecule is Cn1nc(CC(=O)OCC2(C#N)CCCC2)c2ccccc2c1=O. The predicted molar refractivity (Wildman–Crippen MR) is 88.2 cm³/mol. The highest BCUT2D eigenvalue weighted by molar-refractivity contribution is 5.86. The number of fused-ring (bicyclic) bond motifs is 1. The monoisotopic (exact) mass is 325 g/mol. The number of aromatic nitrogens is 2. The second-order valence-corrected chi connectivity index (χ2v) is 6.36. The normalized spacial score (nSPS) is 16.0. The Morgan fingerprint density at radius 2 is 2.00 bits per heavy atom. The van der Waals surface area contributed by atoms with E-state index in [1.165, 1.54) is 4.68 Å². The molecule has 0 saturated heterocycles. The van der Waals surface area contributed by atoms with Gasteiger partial charge in [-0.05, 0) is 18.9 Å². The van der Waals surface area contributed by atoms with Crippen molar-refractivity contribution < 1.29 is 9.53 Å². The molecule has 0 spiro atoms. The van der Waals surface area contributed by atoms with Crippen molar-refractivity contribution in [1.29, 1.82) is 5.26 Å². The number of nitrogens with zero attached hydrogens (tertiary/aromatic N) is 3. The number of esters is 1. The molecule has 0 N–H and O–H groups in total. The van der Waals surface area contributed by atoms with Crippen molar-refractivity contribution in [3.05, 3.63) is 40.3 Å². The van der Waals surface area contributed by atoms with Gasteiger partial charge in [-0.2, -0.15) is 10.4 Å². The average molecular weight is 325 g/mol. The Bertz CT molecular complexity index is 873. The van der Waals surface area contributed by atoms with Crippen LogP contribution in [0.25, 0.3) is 10.8 Å². The van der Waals surface area contributed by atoms with E-state index in [0.717, 1.165) is 25.7 Å². The number of aryl methyl sites for hydroxylation is 1. The van der Waals surface area contributed by atoms with E-state index in [-0.39, 0.29) is 18.6 Å². The summed E-state index contributed by atoms with van der Waals surface area (Å²) in [4.78, 5) is 24.3. The van der Waals surface area contributed by atoms with Crippen molar-refractivity contribution in [2.75, 3.05) is 6.61 Å². The zero-order valence-electron chi connectivity index (χ0n) is 13.6. The van der Waals surface area contributed by atoms with Gasteiger partial charge >= 0.3 is 5.97 Å². The largest absolute Gasteiger partial charge is 0.464 e. The second kappa shape index (κ2) is 6.44. The molecule has 124 valence electrons. The molecule has 0 unspecified atom stereocenters. The van der Waals surface area contributed by atoms with Crippen LogP contribution in [0.3, 0.4) is 0 Å². The van der Waals surface area contributed by atoms with Crippen LogP contribution in [0.2, 0.25) is 0 Å². The van der Waals surface area contributed by atoms with Gasteiger partial charge < -0.3 is 4.74 Å². The van der Waals surface area contributed by atoms with Crippen molar-refractivity contribution in [2.45, 2.75) is 32.1 Å². The molecule has 2 aromatic rings. The van der Waals surface area contributed by atoms with E-state index in [9.17, 15) is 14.9 Å². The van der Waals surface area contributed by atoms with E-state index in [0.29, 0.717) is 16.5 Å². The minimum absolute atomic E-state index is 0.0177. The molecule has 1 saturated carbocycles. The maximum Gasteiger partial charge on any atom is 0.312 e.